The fourth-order valence-corrected chi connectivity index (χ4v) is 4.13. The SMILES string of the molecule is CN(C)CCNc1cc(-c2c3n(c4ccccc24)C(=O)CCC3)ccc1C(N)=O. The number of nitrogens with one attached hydrogen (secondary N) is 1. The van der Waals surface area contributed by atoms with Crippen molar-refractivity contribution < 1.29 is 9.59 Å². The van der Waals surface area contributed by atoms with Crippen LogP contribution in [0.4, 0.5) is 5.69 Å². The third-order valence-corrected chi connectivity index (χ3v) is 5.47. The molecular weight excluding hydrogens is 364 g/mol. The molecule has 0 fully saturated rings. The number of hydrogen-bond donors (Lipinski definition) is 2. The van der Waals surface area contributed by atoms with Crippen LogP contribution in [0.2, 0.25) is 0 Å². The van der Waals surface area contributed by atoms with Crippen LogP contribution >= 0.6 is 0 Å². The van der Waals surface area contributed by atoms with Gasteiger partial charge in [-0.15, -0.1) is 0 Å². The summed E-state index contributed by atoms with van der Waals surface area (Å²) >= 11 is 0. The van der Waals surface area contributed by atoms with E-state index in [-0.39, 0.29) is 5.91 Å². The second-order valence-electron chi connectivity index (χ2n) is 7.78. The zero-order chi connectivity index (χ0) is 20.5. The number of nitrogens with two attached hydrogens (primary N) is 1. The molecule has 0 spiro atoms. The molecule has 0 aliphatic carbocycles. The van der Waals surface area contributed by atoms with Crippen LogP contribution in [-0.2, 0) is 6.42 Å². The first kappa shape index (κ1) is 19.2. The third kappa shape index (κ3) is 3.51. The van der Waals surface area contributed by atoms with Crippen molar-refractivity contribution in [2.45, 2.75) is 19.3 Å². The Balaban J connectivity index is 1.86. The maximum absolute atomic E-state index is 12.6. The molecule has 4 rings (SSSR count). The Kier molecular flexibility index (Phi) is 5.11. The number of para-hydroxylation sites is 1. The normalized spacial score (nSPS) is 13.7. The minimum absolute atomic E-state index is 0.145. The van der Waals surface area contributed by atoms with Crippen LogP contribution in [0.3, 0.4) is 0 Å². The highest BCUT2D eigenvalue weighted by molar-refractivity contribution is 6.06. The number of fused-ring (bicyclic) bond motifs is 3. The molecule has 2 aromatic carbocycles. The Hall–Kier alpha value is -3.12. The number of primary amides is 1. The first-order valence-corrected chi connectivity index (χ1v) is 9.95. The fraction of sp³-hybridized carbons (Fsp3) is 0.304. The minimum atomic E-state index is -0.456. The molecule has 6 nitrogen and oxygen atoms in total. The summed E-state index contributed by atoms with van der Waals surface area (Å²) < 4.78 is 1.87. The standard InChI is InChI=1S/C23H26N4O2/c1-26(2)13-12-25-18-14-15(10-11-16(18)23(24)29)22-17-6-3-4-7-19(17)27-20(22)8-5-9-21(27)28/h3-4,6-7,10-11,14,25H,5,8-9,12-13H2,1-2H3,(H2,24,29). The van der Waals surface area contributed by atoms with Crippen LogP contribution < -0.4 is 11.1 Å². The lowest BCUT2D eigenvalue weighted by molar-refractivity contribution is 0.0889. The molecular formula is C23H26N4O2. The maximum atomic E-state index is 12.6. The van der Waals surface area contributed by atoms with Crippen LogP contribution in [0, 0.1) is 0 Å². The Morgan fingerprint density at radius 1 is 1.17 bits per heavy atom. The lowest BCUT2D eigenvalue weighted by Gasteiger charge is -2.17. The van der Waals surface area contributed by atoms with E-state index >= 15 is 0 Å². The number of hydrogen-bond acceptors (Lipinski definition) is 4. The maximum Gasteiger partial charge on any atom is 0.250 e. The Morgan fingerprint density at radius 2 is 1.97 bits per heavy atom. The third-order valence-electron chi connectivity index (χ3n) is 5.47. The average Bonchev–Trinajstić information content (AvgIpc) is 3.03. The molecule has 6 heteroatoms. The molecule has 0 unspecified atom stereocenters. The van der Waals surface area contributed by atoms with E-state index in [9.17, 15) is 9.59 Å². The number of benzene rings is 2. The van der Waals surface area contributed by atoms with Gasteiger partial charge in [-0.3, -0.25) is 14.2 Å². The number of aromatic nitrogens is 1. The molecule has 0 atom stereocenters. The quantitative estimate of drug-likeness (QED) is 0.676. The zero-order valence-corrected chi connectivity index (χ0v) is 16.9. The van der Waals surface area contributed by atoms with Gasteiger partial charge in [-0.05, 0) is 50.7 Å². The molecule has 150 valence electrons. The molecule has 1 aromatic heterocycles. The van der Waals surface area contributed by atoms with Crippen LogP contribution in [-0.4, -0.2) is 48.5 Å². The summed E-state index contributed by atoms with van der Waals surface area (Å²) in [7, 11) is 4.01. The molecule has 1 amide bonds. The van der Waals surface area contributed by atoms with E-state index in [1.807, 2.05) is 49.0 Å². The average molecular weight is 390 g/mol. The van der Waals surface area contributed by atoms with E-state index in [0.717, 1.165) is 52.8 Å². The van der Waals surface area contributed by atoms with Crippen molar-refractivity contribution >= 4 is 28.4 Å². The van der Waals surface area contributed by atoms with Gasteiger partial charge < -0.3 is 16.0 Å². The Bertz CT molecular complexity index is 1100. The number of anilines is 1. The van der Waals surface area contributed by atoms with Crippen LogP contribution in [0.25, 0.3) is 22.0 Å². The molecule has 0 bridgehead atoms. The lowest BCUT2D eigenvalue weighted by Crippen LogP contribution is -2.22. The van der Waals surface area contributed by atoms with E-state index in [1.54, 1.807) is 6.07 Å². The fourth-order valence-electron chi connectivity index (χ4n) is 4.13. The number of amides is 1. The van der Waals surface area contributed by atoms with Gasteiger partial charge in [-0.2, -0.15) is 0 Å². The van der Waals surface area contributed by atoms with E-state index in [1.165, 1.54) is 0 Å². The summed E-state index contributed by atoms with van der Waals surface area (Å²) in [6.45, 7) is 1.53. The van der Waals surface area contributed by atoms with Gasteiger partial charge in [0.05, 0.1) is 11.1 Å². The highest BCUT2D eigenvalue weighted by Crippen LogP contribution is 2.39. The van der Waals surface area contributed by atoms with Crippen molar-refractivity contribution in [3.8, 4) is 11.1 Å². The molecule has 1 aliphatic rings. The van der Waals surface area contributed by atoms with Crippen molar-refractivity contribution in [2.75, 3.05) is 32.5 Å². The van der Waals surface area contributed by atoms with Crippen molar-refractivity contribution in [3.05, 3.63) is 53.7 Å². The summed E-state index contributed by atoms with van der Waals surface area (Å²) in [5.74, 6) is -0.311. The van der Waals surface area contributed by atoms with Gasteiger partial charge in [-0.1, -0.05) is 24.3 Å². The first-order chi connectivity index (χ1) is 14.0. The predicted molar refractivity (Wildman–Crippen MR) is 117 cm³/mol. The number of carbonyl (C=O) groups excluding carboxylic acids is 2. The lowest BCUT2D eigenvalue weighted by atomic mass is 9.96. The summed E-state index contributed by atoms with van der Waals surface area (Å²) in [6, 6.07) is 13.7. The van der Waals surface area contributed by atoms with Gasteiger partial charge in [0.1, 0.15) is 0 Å². The smallest absolute Gasteiger partial charge is 0.250 e. The highest BCUT2D eigenvalue weighted by Gasteiger charge is 2.25. The second kappa shape index (κ2) is 7.72. The Labute approximate surface area is 170 Å². The Morgan fingerprint density at radius 3 is 2.72 bits per heavy atom. The van der Waals surface area contributed by atoms with Gasteiger partial charge in [0, 0.05) is 41.8 Å². The molecule has 3 N–H and O–H groups in total. The predicted octanol–water partition coefficient (Wildman–Crippen LogP) is 3.36. The summed E-state index contributed by atoms with van der Waals surface area (Å²) in [5, 5.41) is 4.41. The van der Waals surface area contributed by atoms with Gasteiger partial charge in [0.2, 0.25) is 5.91 Å². The van der Waals surface area contributed by atoms with Gasteiger partial charge in [0.25, 0.3) is 5.91 Å². The summed E-state index contributed by atoms with van der Waals surface area (Å²) in [5.41, 5.74) is 10.8. The van der Waals surface area contributed by atoms with E-state index < -0.39 is 5.91 Å². The summed E-state index contributed by atoms with van der Waals surface area (Å²) in [4.78, 5) is 26.6. The zero-order valence-electron chi connectivity index (χ0n) is 16.9. The molecule has 0 saturated carbocycles. The highest BCUT2D eigenvalue weighted by atomic mass is 16.2. The van der Waals surface area contributed by atoms with E-state index in [4.69, 9.17) is 5.73 Å². The van der Waals surface area contributed by atoms with Crippen molar-refractivity contribution in [3.63, 3.8) is 0 Å². The molecule has 2 heterocycles. The van der Waals surface area contributed by atoms with Crippen LogP contribution in [0.5, 0.6) is 0 Å². The van der Waals surface area contributed by atoms with E-state index in [2.05, 4.69) is 16.3 Å². The monoisotopic (exact) mass is 390 g/mol. The van der Waals surface area contributed by atoms with Crippen LogP contribution in [0.1, 0.15) is 33.7 Å². The topological polar surface area (TPSA) is 80.4 Å². The van der Waals surface area contributed by atoms with Crippen molar-refractivity contribution in [1.82, 2.24) is 9.47 Å². The molecule has 3 aromatic rings. The molecule has 0 saturated heterocycles. The van der Waals surface area contributed by atoms with Crippen molar-refractivity contribution in [1.29, 1.82) is 0 Å². The van der Waals surface area contributed by atoms with Crippen LogP contribution in [0.15, 0.2) is 42.5 Å². The first-order valence-electron chi connectivity index (χ1n) is 9.95. The number of likely N-dealkylation sites (N-methyl/N-ethyl adjacent to an activating group) is 1. The number of rotatable bonds is 6. The second-order valence-corrected chi connectivity index (χ2v) is 7.78. The minimum Gasteiger partial charge on any atom is -0.383 e. The molecule has 0 radical (unpaired) electrons. The number of carbonyl (C=O) groups is 2. The number of nitrogens with zero attached hydrogens (tertiary/aromatic N) is 2. The van der Waals surface area contributed by atoms with E-state index in [0.29, 0.717) is 18.5 Å². The van der Waals surface area contributed by atoms with Gasteiger partial charge >= 0.3 is 0 Å². The largest absolute Gasteiger partial charge is 0.383 e. The van der Waals surface area contributed by atoms with Crippen molar-refractivity contribution in [2.24, 2.45) is 5.73 Å². The molecule has 1 aliphatic heterocycles. The summed E-state index contributed by atoms with van der Waals surface area (Å²) in [6.07, 6.45) is 2.29. The molecule has 29 heavy (non-hydrogen) atoms. The van der Waals surface area contributed by atoms with Gasteiger partial charge in [0.15, 0.2) is 0 Å². The van der Waals surface area contributed by atoms with Gasteiger partial charge in [-0.25, -0.2) is 0 Å².